The van der Waals surface area contributed by atoms with Crippen LogP contribution < -0.4 is 15.6 Å². The van der Waals surface area contributed by atoms with Crippen molar-refractivity contribution < 1.29 is 13.9 Å². The van der Waals surface area contributed by atoms with E-state index in [1.54, 1.807) is 22.9 Å². The molecule has 0 fully saturated rings. The number of nitrogens with one attached hydrogen (secondary N) is 2. The zero-order valence-corrected chi connectivity index (χ0v) is 22.8. The first-order valence-corrected chi connectivity index (χ1v) is 12.7. The second-order valence-corrected chi connectivity index (χ2v) is 11.5. The number of hydrogen-bond acceptors (Lipinski definition) is 6. The highest BCUT2D eigenvalue weighted by atomic mass is 16.6. The molecule has 0 spiro atoms. The minimum Gasteiger partial charge on any atom is -0.426 e. The lowest BCUT2D eigenvalue weighted by Crippen LogP contribution is -2.40. The molecule has 194 valence electrons. The first kappa shape index (κ1) is 24.9. The molecule has 1 aromatic carbocycles. The number of fused-ring (bicyclic) bond motifs is 2. The first-order valence-electron chi connectivity index (χ1n) is 12.7. The standard InChI is InChI=1S/C29H35N5O3/c1-16-13-21-20(28(4,5)15-17(2)29(21,6)7)14-23(16)37-25-12-10-22(36-25)27(35)32-31-24-11-9-19-18(3)33-34(8)26(19)30-24/h9-14,17H,15H2,1-8H3,(H,30,31)(H,32,35). The third-order valence-corrected chi connectivity index (χ3v) is 7.98. The lowest BCUT2D eigenvalue weighted by Gasteiger charge is -2.46. The fourth-order valence-corrected chi connectivity index (χ4v) is 5.45. The van der Waals surface area contributed by atoms with E-state index in [4.69, 9.17) is 9.15 Å². The van der Waals surface area contributed by atoms with Crippen molar-refractivity contribution in [2.45, 2.75) is 65.7 Å². The van der Waals surface area contributed by atoms with Crippen LogP contribution in [0.1, 0.15) is 74.0 Å². The van der Waals surface area contributed by atoms with Crippen LogP contribution in [0.2, 0.25) is 0 Å². The number of pyridine rings is 1. The number of hydrazine groups is 1. The summed E-state index contributed by atoms with van der Waals surface area (Å²) < 4.78 is 13.6. The Balaban J connectivity index is 1.31. The zero-order chi connectivity index (χ0) is 26.7. The van der Waals surface area contributed by atoms with E-state index in [1.807, 2.05) is 27.0 Å². The van der Waals surface area contributed by atoms with Crippen LogP contribution in [0.4, 0.5) is 5.82 Å². The van der Waals surface area contributed by atoms with E-state index < -0.39 is 5.91 Å². The van der Waals surface area contributed by atoms with Gasteiger partial charge in [-0.05, 0) is 78.0 Å². The first-order chi connectivity index (χ1) is 17.4. The molecule has 0 aliphatic heterocycles. The number of furan rings is 1. The van der Waals surface area contributed by atoms with Crippen LogP contribution in [0.15, 0.2) is 40.8 Å². The molecule has 1 aliphatic carbocycles. The summed E-state index contributed by atoms with van der Waals surface area (Å²) in [5.41, 5.74) is 10.9. The van der Waals surface area contributed by atoms with Gasteiger partial charge in [0.15, 0.2) is 11.4 Å². The molecule has 1 aliphatic rings. The molecule has 8 nitrogen and oxygen atoms in total. The predicted molar refractivity (Wildman–Crippen MR) is 144 cm³/mol. The van der Waals surface area contributed by atoms with Crippen molar-refractivity contribution in [3.8, 4) is 11.7 Å². The van der Waals surface area contributed by atoms with Gasteiger partial charge in [-0.3, -0.25) is 20.3 Å². The number of ether oxygens (including phenoxy) is 1. The molecule has 0 bridgehead atoms. The number of benzene rings is 1. The zero-order valence-electron chi connectivity index (χ0n) is 22.8. The van der Waals surface area contributed by atoms with Crippen LogP contribution >= 0.6 is 0 Å². The average molecular weight is 502 g/mol. The molecule has 3 heterocycles. The van der Waals surface area contributed by atoms with Crippen LogP contribution in [0.25, 0.3) is 11.0 Å². The Labute approximate surface area is 217 Å². The van der Waals surface area contributed by atoms with E-state index in [0.29, 0.717) is 11.7 Å². The number of aryl methyl sites for hydroxylation is 3. The number of amides is 1. The van der Waals surface area contributed by atoms with Crippen molar-refractivity contribution >= 4 is 22.8 Å². The molecule has 37 heavy (non-hydrogen) atoms. The summed E-state index contributed by atoms with van der Waals surface area (Å²) in [5.74, 6) is 1.77. The molecule has 0 radical (unpaired) electrons. The van der Waals surface area contributed by atoms with Gasteiger partial charge in [0.2, 0.25) is 0 Å². The highest BCUT2D eigenvalue weighted by Gasteiger charge is 2.42. The third-order valence-electron chi connectivity index (χ3n) is 7.98. The van der Waals surface area contributed by atoms with Gasteiger partial charge in [-0.15, -0.1) is 0 Å². The van der Waals surface area contributed by atoms with Gasteiger partial charge < -0.3 is 9.15 Å². The van der Waals surface area contributed by atoms with Crippen LogP contribution in [0.5, 0.6) is 11.7 Å². The fourth-order valence-electron chi connectivity index (χ4n) is 5.45. The number of carbonyl (C=O) groups excluding carboxylic acids is 1. The summed E-state index contributed by atoms with van der Waals surface area (Å²) >= 11 is 0. The normalized spacial score (nSPS) is 17.9. The van der Waals surface area contributed by atoms with Crippen LogP contribution in [-0.4, -0.2) is 20.7 Å². The number of anilines is 1. The summed E-state index contributed by atoms with van der Waals surface area (Å²) in [5, 5.41) is 5.33. The van der Waals surface area contributed by atoms with E-state index >= 15 is 0 Å². The third kappa shape index (κ3) is 4.34. The van der Waals surface area contributed by atoms with Gasteiger partial charge in [-0.2, -0.15) is 5.10 Å². The molecule has 5 rings (SSSR count). The highest BCUT2D eigenvalue weighted by Crippen LogP contribution is 2.50. The van der Waals surface area contributed by atoms with Crippen molar-refractivity contribution in [3.63, 3.8) is 0 Å². The largest absolute Gasteiger partial charge is 0.426 e. The molecule has 1 amide bonds. The number of nitrogens with zero attached hydrogens (tertiary/aromatic N) is 3. The van der Waals surface area contributed by atoms with E-state index in [9.17, 15) is 4.79 Å². The van der Waals surface area contributed by atoms with Gasteiger partial charge in [-0.1, -0.05) is 40.7 Å². The average Bonchev–Trinajstić information content (AvgIpc) is 3.41. The number of rotatable bonds is 5. The maximum atomic E-state index is 12.7. The monoisotopic (exact) mass is 501 g/mol. The van der Waals surface area contributed by atoms with E-state index in [1.165, 1.54) is 11.1 Å². The van der Waals surface area contributed by atoms with Crippen molar-refractivity contribution in [2.24, 2.45) is 13.0 Å². The molecule has 0 saturated carbocycles. The van der Waals surface area contributed by atoms with Crippen LogP contribution in [0.3, 0.4) is 0 Å². The Kier molecular flexibility index (Phi) is 5.81. The molecule has 1 unspecified atom stereocenters. The summed E-state index contributed by atoms with van der Waals surface area (Å²) in [6, 6.07) is 11.3. The van der Waals surface area contributed by atoms with E-state index in [-0.39, 0.29) is 22.5 Å². The van der Waals surface area contributed by atoms with Gasteiger partial charge in [0.05, 0.1) is 5.69 Å². The summed E-state index contributed by atoms with van der Waals surface area (Å²) in [4.78, 5) is 17.2. The van der Waals surface area contributed by atoms with Gasteiger partial charge in [0.1, 0.15) is 11.6 Å². The lowest BCUT2D eigenvalue weighted by molar-refractivity contribution is 0.0930. The van der Waals surface area contributed by atoms with Crippen molar-refractivity contribution in [1.29, 1.82) is 0 Å². The molecule has 0 saturated heterocycles. The van der Waals surface area contributed by atoms with Crippen LogP contribution in [-0.2, 0) is 17.9 Å². The Hall–Kier alpha value is -3.81. The quantitative estimate of drug-likeness (QED) is 0.311. The second-order valence-electron chi connectivity index (χ2n) is 11.5. The van der Waals surface area contributed by atoms with E-state index in [0.717, 1.165) is 34.5 Å². The molecule has 3 aromatic heterocycles. The topological polar surface area (TPSA) is 94.2 Å². The molecular formula is C29H35N5O3. The second kappa shape index (κ2) is 8.64. The fraction of sp³-hybridized carbons (Fsp3) is 0.414. The van der Waals surface area contributed by atoms with Gasteiger partial charge in [0, 0.05) is 18.5 Å². The van der Waals surface area contributed by atoms with Crippen molar-refractivity contribution in [2.75, 3.05) is 5.43 Å². The lowest BCUT2D eigenvalue weighted by atomic mass is 9.58. The molecule has 8 heteroatoms. The van der Waals surface area contributed by atoms with E-state index in [2.05, 4.69) is 67.7 Å². The van der Waals surface area contributed by atoms with Gasteiger partial charge in [0.25, 0.3) is 5.95 Å². The number of carbonyl (C=O) groups is 1. The maximum absolute atomic E-state index is 12.7. The molecule has 1 atom stereocenters. The highest BCUT2D eigenvalue weighted by molar-refractivity contribution is 5.92. The van der Waals surface area contributed by atoms with Gasteiger partial charge in [-0.25, -0.2) is 4.98 Å². The minimum atomic E-state index is -0.433. The number of hydrogen-bond donors (Lipinski definition) is 2. The summed E-state index contributed by atoms with van der Waals surface area (Å²) in [7, 11) is 1.84. The predicted octanol–water partition coefficient (Wildman–Crippen LogP) is 6.32. The Morgan fingerprint density at radius 3 is 2.62 bits per heavy atom. The SMILES string of the molecule is Cc1cc2c(cc1Oc1ccc(C(=O)NNc3ccc4c(C)nn(C)c4n3)o1)C(C)(C)CC(C)C2(C)C. The minimum absolute atomic E-state index is 0.0428. The van der Waals surface area contributed by atoms with Crippen molar-refractivity contribution in [1.82, 2.24) is 20.2 Å². The maximum Gasteiger partial charge on any atom is 0.305 e. The molecule has 2 N–H and O–H groups in total. The Morgan fingerprint density at radius 2 is 1.86 bits per heavy atom. The summed E-state index contributed by atoms with van der Waals surface area (Å²) in [6.45, 7) is 15.5. The Bertz CT molecular complexity index is 1510. The number of aromatic nitrogens is 3. The summed E-state index contributed by atoms with van der Waals surface area (Å²) in [6.07, 6.45) is 1.11. The Morgan fingerprint density at radius 1 is 1.11 bits per heavy atom. The molecule has 4 aromatic rings. The van der Waals surface area contributed by atoms with Gasteiger partial charge >= 0.3 is 5.91 Å². The van der Waals surface area contributed by atoms with Crippen LogP contribution in [0, 0.1) is 19.8 Å². The smallest absolute Gasteiger partial charge is 0.305 e. The van der Waals surface area contributed by atoms with Crippen molar-refractivity contribution in [3.05, 3.63) is 64.5 Å². The molecular weight excluding hydrogens is 466 g/mol.